The van der Waals surface area contributed by atoms with Crippen LogP contribution in [0.4, 0.5) is 5.82 Å². The highest BCUT2D eigenvalue weighted by molar-refractivity contribution is 7.10. The number of anilines is 1. The van der Waals surface area contributed by atoms with E-state index in [1.807, 2.05) is 29.3 Å². The second-order valence-corrected chi connectivity index (χ2v) is 6.04. The fraction of sp³-hybridized carbons (Fsp3) is 0.500. The highest BCUT2D eigenvalue weighted by Crippen LogP contribution is 2.39. The third-order valence-corrected chi connectivity index (χ3v) is 4.69. The molecule has 3 rings (SSSR count). The molecule has 3 nitrogen and oxygen atoms in total. The van der Waals surface area contributed by atoms with Gasteiger partial charge >= 0.3 is 0 Å². The lowest BCUT2D eigenvalue weighted by atomic mass is 9.97. The van der Waals surface area contributed by atoms with Crippen LogP contribution in [-0.4, -0.2) is 9.78 Å². The summed E-state index contributed by atoms with van der Waals surface area (Å²) in [5, 5.41) is 10.2. The van der Waals surface area contributed by atoms with E-state index in [1.54, 1.807) is 0 Å². The van der Waals surface area contributed by atoms with Gasteiger partial charge in [0.15, 0.2) is 0 Å². The van der Waals surface area contributed by atoms with Gasteiger partial charge in [0.05, 0.1) is 6.04 Å². The van der Waals surface area contributed by atoms with Crippen molar-refractivity contribution in [3.8, 4) is 0 Å². The van der Waals surface area contributed by atoms with Gasteiger partial charge in [-0.1, -0.05) is 18.9 Å². The van der Waals surface area contributed by atoms with E-state index in [1.165, 1.54) is 30.6 Å². The molecule has 2 heterocycles. The Bertz CT molecular complexity index is 483. The van der Waals surface area contributed by atoms with Gasteiger partial charge in [-0.25, -0.2) is 0 Å². The van der Waals surface area contributed by atoms with Gasteiger partial charge in [0, 0.05) is 24.2 Å². The summed E-state index contributed by atoms with van der Waals surface area (Å²) in [7, 11) is 1.96. The molecule has 4 heteroatoms. The smallest absolute Gasteiger partial charge is 0.148 e. The van der Waals surface area contributed by atoms with Crippen molar-refractivity contribution in [1.29, 1.82) is 0 Å². The van der Waals surface area contributed by atoms with Crippen LogP contribution in [0.15, 0.2) is 29.8 Å². The highest BCUT2D eigenvalue weighted by atomic mass is 32.1. The lowest BCUT2D eigenvalue weighted by Gasteiger charge is -2.23. The summed E-state index contributed by atoms with van der Waals surface area (Å²) in [6.45, 7) is 0. The van der Waals surface area contributed by atoms with Crippen LogP contribution in [0.3, 0.4) is 0 Å². The molecule has 1 atom stereocenters. The molecule has 18 heavy (non-hydrogen) atoms. The maximum Gasteiger partial charge on any atom is 0.148 e. The molecule has 2 aromatic heterocycles. The topological polar surface area (TPSA) is 29.9 Å². The summed E-state index contributed by atoms with van der Waals surface area (Å²) in [5.74, 6) is 1.74. The molecule has 1 aliphatic carbocycles. The standard InChI is InChI=1S/C14H19N3S/c1-17-9-8-13(16-17)15-14(11-5-2-3-6-11)12-7-4-10-18-12/h4,7-11,14H,2-3,5-6H2,1H3,(H,15,16). The second kappa shape index (κ2) is 5.14. The maximum absolute atomic E-state index is 4.44. The molecule has 96 valence electrons. The Kier molecular flexibility index (Phi) is 3.37. The Morgan fingerprint density at radius 1 is 1.39 bits per heavy atom. The first-order valence-corrected chi connectivity index (χ1v) is 7.50. The molecule has 0 amide bonds. The van der Waals surface area contributed by atoms with E-state index in [-0.39, 0.29) is 0 Å². The fourth-order valence-electron chi connectivity index (χ4n) is 2.83. The number of aryl methyl sites for hydroxylation is 1. The molecule has 1 N–H and O–H groups in total. The molecular formula is C14H19N3S. The molecule has 0 spiro atoms. The van der Waals surface area contributed by atoms with E-state index in [0.717, 1.165) is 11.7 Å². The van der Waals surface area contributed by atoms with Crippen LogP contribution in [0, 0.1) is 5.92 Å². The van der Waals surface area contributed by atoms with E-state index in [4.69, 9.17) is 0 Å². The molecule has 0 radical (unpaired) electrons. The first kappa shape index (κ1) is 11.8. The normalized spacial score (nSPS) is 18.1. The number of hydrogen-bond donors (Lipinski definition) is 1. The number of aromatic nitrogens is 2. The van der Waals surface area contributed by atoms with Crippen molar-refractivity contribution in [1.82, 2.24) is 9.78 Å². The van der Waals surface area contributed by atoms with Crippen molar-refractivity contribution in [2.45, 2.75) is 31.7 Å². The van der Waals surface area contributed by atoms with Crippen molar-refractivity contribution in [2.24, 2.45) is 13.0 Å². The minimum atomic E-state index is 0.433. The predicted octanol–water partition coefficient (Wildman–Crippen LogP) is 3.83. The molecule has 0 aromatic carbocycles. The predicted molar refractivity (Wildman–Crippen MR) is 75.8 cm³/mol. The third kappa shape index (κ3) is 2.43. The van der Waals surface area contributed by atoms with Crippen molar-refractivity contribution in [3.63, 3.8) is 0 Å². The van der Waals surface area contributed by atoms with Gasteiger partial charge in [-0.2, -0.15) is 5.10 Å². The zero-order valence-electron chi connectivity index (χ0n) is 10.7. The number of rotatable bonds is 4. The highest BCUT2D eigenvalue weighted by Gasteiger charge is 2.27. The number of nitrogens with one attached hydrogen (secondary N) is 1. The molecular weight excluding hydrogens is 242 g/mol. The minimum absolute atomic E-state index is 0.433. The van der Waals surface area contributed by atoms with Crippen LogP contribution in [0.25, 0.3) is 0 Å². The van der Waals surface area contributed by atoms with E-state index in [2.05, 4.69) is 34.0 Å². The summed E-state index contributed by atoms with van der Waals surface area (Å²) in [6.07, 6.45) is 7.40. The van der Waals surface area contributed by atoms with Gasteiger partial charge in [-0.05, 0) is 30.2 Å². The SMILES string of the molecule is Cn1ccc(NC(c2cccs2)C2CCCC2)n1. The Labute approximate surface area is 112 Å². The van der Waals surface area contributed by atoms with E-state index >= 15 is 0 Å². The zero-order chi connectivity index (χ0) is 12.4. The Balaban J connectivity index is 1.81. The Hall–Kier alpha value is -1.29. The van der Waals surface area contributed by atoms with Crippen LogP contribution in [0.1, 0.15) is 36.6 Å². The van der Waals surface area contributed by atoms with Crippen LogP contribution in [-0.2, 0) is 7.05 Å². The first-order chi connectivity index (χ1) is 8.83. The van der Waals surface area contributed by atoms with E-state index < -0.39 is 0 Å². The lowest BCUT2D eigenvalue weighted by Crippen LogP contribution is -2.18. The summed E-state index contributed by atoms with van der Waals surface area (Å²) >= 11 is 1.85. The molecule has 1 saturated carbocycles. The third-order valence-electron chi connectivity index (χ3n) is 3.74. The minimum Gasteiger partial charge on any atom is -0.361 e. The molecule has 0 bridgehead atoms. The van der Waals surface area contributed by atoms with Crippen LogP contribution >= 0.6 is 11.3 Å². The van der Waals surface area contributed by atoms with E-state index in [9.17, 15) is 0 Å². The summed E-state index contributed by atoms with van der Waals surface area (Å²) in [6, 6.07) is 6.86. The molecule has 1 aliphatic rings. The zero-order valence-corrected chi connectivity index (χ0v) is 11.5. The Morgan fingerprint density at radius 3 is 2.83 bits per heavy atom. The summed E-state index contributed by atoms with van der Waals surface area (Å²) in [4.78, 5) is 1.44. The average molecular weight is 261 g/mol. The van der Waals surface area contributed by atoms with Gasteiger partial charge in [-0.15, -0.1) is 11.3 Å². The maximum atomic E-state index is 4.44. The molecule has 1 fully saturated rings. The summed E-state index contributed by atoms with van der Waals surface area (Å²) < 4.78 is 1.85. The summed E-state index contributed by atoms with van der Waals surface area (Å²) in [5.41, 5.74) is 0. The van der Waals surface area contributed by atoms with Crippen molar-refractivity contribution in [3.05, 3.63) is 34.7 Å². The number of nitrogens with zero attached hydrogens (tertiary/aromatic N) is 2. The lowest BCUT2D eigenvalue weighted by molar-refractivity contribution is 0.474. The van der Waals surface area contributed by atoms with Gasteiger partial charge in [0.25, 0.3) is 0 Å². The van der Waals surface area contributed by atoms with Gasteiger partial charge in [-0.3, -0.25) is 4.68 Å². The van der Waals surface area contributed by atoms with Gasteiger partial charge < -0.3 is 5.32 Å². The van der Waals surface area contributed by atoms with Crippen LogP contribution in [0.2, 0.25) is 0 Å². The van der Waals surface area contributed by atoms with Crippen molar-refractivity contribution >= 4 is 17.2 Å². The van der Waals surface area contributed by atoms with Gasteiger partial charge in [0.2, 0.25) is 0 Å². The Morgan fingerprint density at radius 2 is 2.22 bits per heavy atom. The van der Waals surface area contributed by atoms with Gasteiger partial charge in [0.1, 0.15) is 5.82 Å². The molecule has 2 aromatic rings. The second-order valence-electron chi connectivity index (χ2n) is 5.06. The molecule has 0 saturated heterocycles. The largest absolute Gasteiger partial charge is 0.361 e. The van der Waals surface area contributed by atoms with Crippen LogP contribution in [0.5, 0.6) is 0 Å². The number of hydrogen-bond acceptors (Lipinski definition) is 3. The van der Waals surface area contributed by atoms with Crippen molar-refractivity contribution < 1.29 is 0 Å². The van der Waals surface area contributed by atoms with Crippen LogP contribution < -0.4 is 5.32 Å². The van der Waals surface area contributed by atoms with Crippen molar-refractivity contribution in [2.75, 3.05) is 5.32 Å². The van der Waals surface area contributed by atoms with E-state index in [0.29, 0.717) is 6.04 Å². The number of thiophene rings is 1. The molecule has 1 unspecified atom stereocenters. The molecule has 0 aliphatic heterocycles. The monoisotopic (exact) mass is 261 g/mol. The quantitative estimate of drug-likeness (QED) is 0.906. The first-order valence-electron chi connectivity index (χ1n) is 6.62. The average Bonchev–Trinajstić information content (AvgIpc) is 3.09. The fourth-order valence-corrected chi connectivity index (χ4v) is 3.70.